The summed E-state index contributed by atoms with van der Waals surface area (Å²) in [7, 11) is 0. The molecule has 4 rings (SSSR count). The second-order valence-corrected chi connectivity index (χ2v) is 7.85. The minimum atomic E-state index is -0.405. The molecule has 1 aliphatic heterocycles. The average molecular weight is 391 g/mol. The van der Waals surface area contributed by atoms with Gasteiger partial charge in [0.15, 0.2) is 0 Å². The lowest BCUT2D eigenvalue weighted by atomic mass is 10.1. The Hall–Kier alpha value is -3.15. The monoisotopic (exact) mass is 391 g/mol. The third-order valence-corrected chi connectivity index (χ3v) is 5.58. The Morgan fingerprint density at radius 2 is 1.83 bits per heavy atom. The summed E-state index contributed by atoms with van der Waals surface area (Å²) in [6.45, 7) is 2.37. The Kier molecular flexibility index (Phi) is 5.34. The van der Waals surface area contributed by atoms with Crippen molar-refractivity contribution < 1.29 is 14.4 Å². The maximum Gasteiger partial charge on any atom is 0.251 e. The van der Waals surface area contributed by atoms with E-state index in [1.807, 2.05) is 37.3 Å². The van der Waals surface area contributed by atoms with Crippen LogP contribution < -0.4 is 10.6 Å². The lowest BCUT2D eigenvalue weighted by Crippen LogP contribution is -2.30. The van der Waals surface area contributed by atoms with Gasteiger partial charge in [0.2, 0.25) is 11.8 Å². The number of benzene rings is 2. The normalized spacial score (nSPS) is 19.7. The number of nitrogens with zero attached hydrogens (tertiary/aromatic N) is 1. The number of hydrogen-bond acceptors (Lipinski definition) is 3. The van der Waals surface area contributed by atoms with Crippen LogP contribution in [0.25, 0.3) is 0 Å². The van der Waals surface area contributed by atoms with Gasteiger partial charge in [0, 0.05) is 30.3 Å². The van der Waals surface area contributed by atoms with Gasteiger partial charge in [-0.25, -0.2) is 0 Å². The lowest BCUT2D eigenvalue weighted by molar-refractivity contribution is -0.129. The molecule has 0 radical (unpaired) electrons. The van der Waals surface area contributed by atoms with Crippen molar-refractivity contribution in [2.24, 2.45) is 5.92 Å². The summed E-state index contributed by atoms with van der Waals surface area (Å²) in [5.74, 6) is -0.736. The molecule has 150 valence electrons. The molecule has 2 aromatic rings. The van der Waals surface area contributed by atoms with E-state index in [2.05, 4.69) is 10.6 Å². The molecule has 0 aromatic heterocycles. The zero-order valence-corrected chi connectivity index (χ0v) is 16.4. The average Bonchev–Trinajstić information content (AvgIpc) is 3.46. The standard InChI is InChI=1S/C23H25N3O3/c1-15(16-6-3-2-4-7-16)26-14-18(13-21(26)27)23(29)25-20-9-5-8-17(12-20)22(28)24-19-10-11-19/h2-9,12,15,18-19H,10-11,13-14H2,1H3,(H,24,28)(H,25,29)/t15-,18+/m1/s1. The number of carbonyl (C=O) groups is 3. The number of anilines is 1. The van der Waals surface area contributed by atoms with Crippen molar-refractivity contribution in [2.75, 3.05) is 11.9 Å². The maximum atomic E-state index is 12.7. The minimum absolute atomic E-state index is 0.0148. The Morgan fingerprint density at radius 3 is 2.55 bits per heavy atom. The van der Waals surface area contributed by atoms with Gasteiger partial charge in [-0.2, -0.15) is 0 Å². The largest absolute Gasteiger partial charge is 0.349 e. The first-order valence-corrected chi connectivity index (χ1v) is 10.1. The maximum absolute atomic E-state index is 12.7. The summed E-state index contributed by atoms with van der Waals surface area (Å²) in [6.07, 6.45) is 2.25. The van der Waals surface area contributed by atoms with Crippen LogP contribution in [0.3, 0.4) is 0 Å². The van der Waals surface area contributed by atoms with Crippen LogP contribution in [0, 0.1) is 5.92 Å². The fourth-order valence-corrected chi connectivity index (χ4v) is 3.67. The molecule has 2 N–H and O–H groups in total. The molecule has 1 aliphatic carbocycles. The second-order valence-electron chi connectivity index (χ2n) is 7.85. The Morgan fingerprint density at radius 1 is 1.07 bits per heavy atom. The Balaban J connectivity index is 1.39. The predicted molar refractivity (Wildman–Crippen MR) is 110 cm³/mol. The molecule has 1 saturated heterocycles. The molecule has 2 atom stereocenters. The number of hydrogen-bond donors (Lipinski definition) is 2. The van der Waals surface area contributed by atoms with Crippen molar-refractivity contribution in [3.05, 3.63) is 65.7 Å². The van der Waals surface area contributed by atoms with Gasteiger partial charge < -0.3 is 15.5 Å². The molecule has 2 fully saturated rings. The van der Waals surface area contributed by atoms with Crippen LogP contribution in [0.1, 0.15) is 48.1 Å². The predicted octanol–water partition coefficient (Wildman–Crippen LogP) is 3.13. The van der Waals surface area contributed by atoms with Crippen LogP contribution in [-0.2, 0) is 9.59 Å². The summed E-state index contributed by atoms with van der Waals surface area (Å²) in [4.78, 5) is 39.2. The van der Waals surface area contributed by atoms with Crippen molar-refractivity contribution in [1.29, 1.82) is 0 Å². The SMILES string of the molecule is C[C@H](c1ccccc1)N1C[C@@H](C(=O)Nc2cccc(C(=O)NC3CC3)c2)CC1=O. The van der Waals surface area contributed by atoms with E-state index >= 15 is 0 Å². The number of nitrogens with one attached hydrogen (secondary N) is 2. The van der Waals surface area contributed by atoms with Gasteiger partial charge in [0.25, 0.3) is 5.91 Å². The van der Waals surface area contributed by atoms with Gasteiger partial charge >= 0.3 is 0 Å². The van der Waals surface area contributed by atoms with Crippen molar-refractivity contribution in [2.45, 2.75) is 38.3 Å². The van der Waals surface area contributed by atoms with Gasteiger partial charge in [-0.05, 0) is 43.5 Å². The molecular weight excluding hydrogens is 366 g/mol. The third kappa shape index (κ3) is 4.47. The molecule has 0 spiro atoms. The molecule has 1 saturated carbocycles. The fraction of sp³-hybridized carbons (Fsp3) is 0.348. The van der Waals surface area contributed by atoms with E-state index < -0.39 is 5.92 Å². The highest BCUT2D eigenvalue weighted by Crippen LogP contribution is 2.29. The van der Waals surface area contributed by atoms with E-state index in [-0.39, 0.29) is 36.2 Å². The van der Waals surface area contributed by atoms with Crippen molar-refractivity contribution in [3.63, 3.8) is 0 Å². The second kappa shape index (κ2) is 8.07. The van der Waals surface area contributed by atoms with Gasteiger partial charge in [0.05, 0.1) is 12.0 Å². The smallest absolute Gasteiger partial charge is 0.251 e. The van der Waals surface area contributed by atoms with E-state index in [1.54, 1.807) is 29.2 Å². The van der Waals surface area contributed by atoms with Crippen LogP contribution in [0.5, 0.6) is 0 Å². The number of likely N-dealkylation sites (tertiary alicyclic amines) is 1. The first kappa shape index (κ1) is 19.2. The summed E-state index contributed by atoms with van der Waals surface area (Å²) in [6, 6.07) is 16.9. The summed E-state index contributed by atoms with van der Waals surface area (Å²) >= 11 is 0. The quantitative estimate of drug-likeness (QED) is 0.794. The molecule has 6 heteroatoms. The third-order valence-electron chi connectivity index (χ3n) is 5.58. The van der Waals surface area contributed by atoms with E-state index in [0.717, 1.165) is 18.4 Å². The van der Waals surface area contributed by atoms with Crippen molar-refractivity contribution >= 4 is 23.4 Å². The zero-order chi connectivity index (χ0) is 20.4. The molecule has 3 amide bonds. The first-order valence-electron chi connectivity index (χ1n) is 10.1. The van der Waals surface area contributed by atoms with Gasteiger partial charge in [0.1, 0.15) is 0 Å². The molecule has 2 aromatic carbocycles. The van der Waals surface area contributed by atoms with E-state index in [0.29, 0.717) is 17.8 Å². The highest BCUT2D eigenvalue weighted by Gasteiger charge is 2.37. The highest BCUT2D eigenvalue weighted by molar-refractivity contribution is 5.99. The first-order chi connectivity index (χ1) is 14.0. The van der Waals surface area contributed by atoms with Crippen LogP contribution in [0.4, 0.5) is 5.69 Å². The van der Waals surface area contributed by atoms with Crippen molar-refractivity contribution in [3.8, 4) is 0 Å². The Bertz CT molecular complexity index is 924. The molecular formula is C23H25N3O3. The van der Waals surface area contributed by atoms with E-state index in [9.17, 15) is 14.4 Å². The van der Waals surface area contributed by atoms with Crippen LogP contribution in [-0.4, -0.2) is 35.2 Å². The molecule has 29 heavy (non-hydrogen) atoms. The number of rotatable bonds is 6. The van der Waals surface area contributed by atoms with E-state index in [4.69, 9.17) is 0 Å². The van der Waals surface area contributed by atoms with Gasteiger partial charge in [-0.15, -0.1) is 0 Å². The lowest BCUT2D eigenvalue weighted by Gasteiger charge is -2.25. The topological polar surface area (TPSA) is 78.5 Å². The van der Waals surface area contributed by atoms with E-state index in [1.165, 1.54) is 0 Å². The number of amides is 3. The summed E-state index contributed by atoms with van der Waals surface area (Å²) in [5.41, 5.74) is 2.15. The highest BCUT2D eigenvalue weighted by atomic mass is 16.2. The van der Waals surface area contributed by atoms with Gasteiger partial charge in [-0.1, -0.05) is 36.4 Å². The van der Waals surface area contributed by atoms with Gasteiger partial charge in [-0.3, -0.25) is 14.4 Å². The fourth-order valence-electron chi connectivity index (χ4n) is 3.67. The number of carbonyl (C=O) groups excluding carboxylic acids is 3. The van der Waals surface area contributed by atoms with Crippen LogP contribution in [0.15, 0.2) is 54.6 Å². The van der Waals surface area contributed by atoms with Crippen LogP contribution in [0.2, 0.25) is 0 Å². The summed E-state index contributed by atoms with van der Waals surface area (Å²) < 4.78 is 0. The minimum Gasteiger partial charge on any atom is -0.349 e. The molecule has 6 nitrogen and oxygen atoms in total. The van der Waals surface area contributed by atoms with Crippen LogP contribution >= 0.6 is 0 Å². The molecule has 0 unspecified atom stereocenters. The molecule has 1 heterocycles. The summed E-state index contributed by atoms with van der Waals surface area (Å²) in [5, 5.41) is 5.81. The zero-order valence-electron chi connectivity index (χ0n) is 16.4. The van der Waals surface area contributed by atoms with Crippen molar-refractivity contribution in [1.82, 2.24) is 10.2 Å². The Labute approximate surface area is 170 Å². The molecule has 2 aliphatic rings. The molecule has 0 bridgehead atoms.